The van der Waals surface area contributed by atoms with Gasteiger partial charge in [0.15, 0.2) is 0 Å². The van der Waals surface area contributed by atoms with Gasteiger partial charge in [0.2, 0.25) is 5.91 Å². The van der Waals surface area contributed by atoms with Crippen LogP contribution in [-0.2, 0) is 11.8 Å². The minimum absolute atomic E-state index is 0.275. The molecule has 0 aliphatic carbocycles. The number of hydrogen-bond acceptors (Lipinski definition) is 4. The van der Waals surface area contributed by atoms with Gasteiger partial charge in [-0.05, 0) is 30.7 Å². The fourth-order valence-corrected chi connectivity index (χ4v) is 3.00. The van der Waals surface area contributed by atoms with E-state index in [0.29, 0.717) is 5.82 Å². The second-order valence-electron chi connectivity index (χ2n) is 5.51. The first-order valence-corrected chi connectivity index (χ1v) is 8.54. The van der Waals surface area contributed by atoms with Crippen LogP contribution in [0.5, 0.6) is 0 Å². The van der Waals surface area contributed by atoms with Gasteiger partial charge in [-0.3, -0.25) is 4.79 Å². The predicted molar refractivity (Wildman–Crippen MR) is 95.5 cm³/mol. The van der Waals surface area contributed by atoms with E-state index in [4.69, 9.17) is 0 Å². The van der Waals surface area contributed by atoms with Crippen LogP contribution in [-0.4, -0.2) is 20.4 Å². The Bertz CT molecular complexity index is 898. The van der Waals surface area contributed by atoms with Crippen molar-refractivity contribution in [2.24, 2.45) is 7.05 Å². The number of benzene rings is 1. The molecule has 25 heavy (non-hydrogen) atoms. The highest BCUT2D eigenvalue weighted by Crippen LogP contribution is 2.21. The molecule has 0 aliphatic heterocycles. The van der Waals surface area contributed by atoms with E-state index in [2.05, 4.69) is 15.3 Å². The lowest BCUT2D eigenvalue weighted by atomic mass is 10.1. The van der Waals surface area contributed by atoms with Crippen molar-refractivity contribution >= 4 is 23.3 Å². The van der Waals surface area contributed by atoms with Gasteiger partial charge in [0.1, 0.15) is 17.7 Å². The van der Waals surface area contributed by atoms with E-state index >= 15 is 0 Å². The molecule has 0 spiro atoms. The predicted octanol–water partition coefficient (Wildman–Crippen LogP) is 3.24. The van der Waals surface area contributed by atoms with E-state index in [9.17, 15) is 9.18 Å². The third-order valence-corrected chi connectivity index (χ3v) is 4.44. The summed E-state index contributed by atoms with van der Waals surface area (Å²) in [6.07, 6.45) is 6.56. The van der Waals surface area contributed by atoms with Crippen molar-refractivity contribution in [2.45, 2.75) is 13.0 Å². The molecule has 1 atom stereocenters. The maximum Gasteiger partial charge on any atom is 0.244 e. The van der Waals surface area contributed by atoms with Gasteiger partial charge in [0.05, 0.1) is 10.7 Å². The molecule has 0 fully saturated rings. The Morgan fingerprint density at radius 3 is 2.72 bits per heavy atom. The summed E-state index contributed by atoms with van der Waals surface area (Å²) in [5.41, 5.74) is 1.50. The lowest BCUT2D eigenvalue weighted by Gasteiger charge is -2.18. The van der Waals surface area contributed by atoms with Crippen LogP contribution in [0.4, 0.5) is 4.39 Å². The quantitative estimate of drug-likeness (QED) is 0.714. The van der Waals surface area contributed by atoms with Gasteiger partial charge < -0.3 is 9.88 Å². The van der Waals surface area contributed by atoms with Crippen molar-refractivity contribution in [3.8, 4) is 0 Å². The summed E-state index contributed by atoms with van der Waals surface area (Å²) in [6.45, 7) is 1.91. The molecule has 1 N–H and O–H groups in total. The number of aryl methyl sites for hydroxylation is 2. The van der Waals surface area contributed by atoms with Gasteiger partial charge in [-0.1, -0.05) is 12.1 Å². The summed E-state index contributed by atoms with van der Waals surface area (Å²) >= 11 is 1.53. The summed E-state index contributed by atoms with van der Waals surface area (Å²) < 4.78 is 15.0. The van der Waals surface area contributed by atoms with E-state index in [1.54, 1.807) is 30.6 Å². The van der Waals surface area contributed by atoms with Crippen molar-refractivity contribution < 1.29 is 9.18 Å². The molecule has 5 nitrogen and oxygen atoms in total. The van der Waals surface area contributed by atoms with Gasteiger partial charge in [-0.2, -0.15) is 0 Å². The Balaban J connectivity index is 1.82. The Morgan fingerprint density at radius 2 is 2.12 bits per heavy atom. The zero-order chi connectivity index (χ0) is 17.8. The van der Waals surface area contributed by atoms with Gasteiger partial charge in [0, 0.05) is 30.9 Å². The van der Waals surface area contributed by atoms with E-state index in [-0.39, 0.29) is 11.7 Å². The third-order valence-electron chi connectivity index (χ3n) is 3.65. The Morgan fingerprint density at radius 1 is 1.36 bits per heavy atom. The number of halogens is 1. The highest BCUT2D eigenvalue weighted by Gasteiger charge is 2.19. The molecule has 0 saturated carbocycles. The van der Waals surface area contributed by atoms with Crippen LogP contribution in [0.3, 0.4) is 0 Å². The average Bonchev–Trinajstić information content (AvgIpc) is 3.20. The number of imidazole rings is 1. The molecule has 1 unspecified atom stereocenters. The minimum Gasteiger partial charge on any atom is -0.339 e. The van der Waals surface area contributed by atoms with Crippen molar-refractivity contribution in [1.82, 2.24) is 19.9 Å². The molecule has 1 aromatic carbocycles. The molecule has 3 aromatic rings. The molecule has 1 amide bonds. The summed E-state index contributed by atoms with van der Waals surface area (Å²) in [5, 5.41) is 5.74. The fraction of sp³-hybridized carbons (Fsp3) is 0.167. The number of nitrogens with zero attached hydrogens (tertiary/aromatic N) is 3. The van der Waals surface area contributed by atoms with E-state index in [1.807, 2.05) is 23.9 Å². The minimum atomic E-state index is -0.477. The van der Waals surface area contributed by atoms with E-state index in [0.717, 1.165) is 16.3 Å². The normalized spacial score (nSPS) is 12.4. The lowest BCUT2D eigenvalue weighted by molar-refractivity contribution is -0.117. The van der Waals surface area contributed by atoms with Crippen LogP contribution < -0.4 is 5.32 Å². The first kappa shape index (κ1) is 17.0. The molecule has 0 saturated heterocycles. The Kier molecular flexibility index (Phi) is 5.04. The molecule has 0 aliphatic rings. The standard InChI is InChI=1S/C18H17FN4OS/c1-12-21-15(11-25-12)7-8-16(24)22-17(18-20-9-10-23(18)2)13-3-5-14(19)6-4-13/h3-11,17H,1-2H3,(H,22,24)/b8-7+. The van der Waals surface area contributed by atoms with Gasteiger partial charge in [-0.15, -0.1) is 11.3 Å². The molecule has 3 rings (SSSR count). The summed E-state index contributed by atoms with van der Waals surface area (Å²) in [5.74, 6) is 0.0632. The SMILES string of the molecule is Cc1nc(/C=C/C(=O)NC(c2ccc(F)cc2)c2nccn2C)cs1. The van der Waals surface area contributed by atoms with Crippen LogP contribution in [0.1, 0.15) is 28.1 Å². The van der Waals surface area contributed by atoms with Crippen LogP contribution in [0.2, 0.25) is 0 Å². The maximum absolute atomic E-state index is 13.2. The molecule has 2 heterocycles. The zero-order valence-corrected chi connectivity index (χ0v) is 14.6. The van der Waals surface area contributed by atoms with Gasteiger partial charge in [-0.25, -0.2) is 14.4 Å². The van der Waals surface area contributed by atoms with Gasteiger partial charge >= 0.3 is 0 Å². The van der Waals surface area contributed by atoms with Gasteiger partial charge in [0.25, 0.3) is 0 Å². The average molecular weight is 356 g/mol. The van der Waals surface area contributed by atoms with Crippen molar-refractivity contribution in [2.75, 3.05) is 0 Å². The molecular weight excluding hydrogens is 339 g/mol. The second-order valence-corrected chi connectivity index (χ2v) is 6.58. The number of nitrogens with one attached hydrogen (secondary N) is 1. The van der Waals surface area contributed by atoms with E-state index < -0.39 is 6.04 Å². The zero-order valence-electron chi connectivity index (χ0n) is 13.8. The third kappa shape index (κ3) is 4.19. The van der Waals surface area contributed by atoms with Crippen LogP contribution >= 0.6 is 11.3 Å². The van der Waals surface area contributed by atoms with Crippen molar-refractivity contribution in [3.05, 3.63) is 76.0 Å². The van der Waals surface area contributed by atoms with Crippen LogP contribution in [0, 0.1) is 12.7 Å². The smallest absolute Gasteiger partial charge is 0.244 e. The second kappa shape index (κ2) is 7.40. The topological polar surface area (TPSA) is 59.8 Å². The number of carbonyl (C=O) groups excluding carboxylic acids is 1. The first-order valence-electron chi connectivity index (χ1n) is 7.66. The molecule has 128 valence electrons. The van der Waals surface area contributed by atoms with E-state index in [1.165, 1.54) is 29.5 Å². The monoisotopic (exact) mass is 356 g/mol. The molecular formula is C18H17FN4OS. The molecule has 7 heteroatoms. The lowest BCUT2D eigenvalue weighted by Crippen LogP contribution is -2.29. The number of hydrogen-bond donors (Lipinski definition) is 1. The van der Waals surface area contributed by atoms with Crippen LogP contribution in [0.25, 0.3) is 6.08 Å². The highest BCUT2D eigenvalue weighted by atomic mass is 32.1. The maximum atomic E-state index is 13.2. The van der Waals surface area contributed by atoms with Crippen LogP contribution in [0.15, 0.2) is 48.1 Å². The summed E-state index contributed by atoms with van der Waals surface area (Å²) in [6, 6.07) is 5.54. The Hall–Kier alpha value is -2.80. The summed E-state index contributed by atoms with van der Waals surface area (Å²) in [4.78, 5) is 20.9. The molecule has 0 bridgehead atoms. The fourth-order valence-electron chi connectivity index (χ4n) is 2.42. The number of thiazole rings is 1. The Labute approximate surface area is 148 Å². The number of carbonyl (C=O) groups is 1. The summed E-state index contributed by atoms with van der Waals surface area (Å²) in [7, 11) is 1.85. The number of rotatable bonds is 5. The molecule has 0 radical (unpaired) electrons. The highest BCUT2D eigenvalue weighted by molar-refractivity contribution is 7.09. The first-order chi connectivity index (χ1) is 12.0. The van der Waals surface area contributed by atoms with Crippen molar-refractivity contribution in [1.29, 1.82) is 0 Å². The number of aromatic nitrogens is 3. The molecule has 2 aromatic heterocycles. The van der Waals surface area contributed by atoms with Crippen molar-refractivity contribution in [3.63, 3.8) is 0 Å². The largest absolute Gasteiger partial charge is 0.339 e. The number of amides is 1.